The fraction of sp³-hybridized carbons (Fsp3) is 0.263. The zero-order valence-corrected chi connectivity index (χ0v) is 13.8. The maximum atomic E-state index is 12.0. The van der Waals surface area contributed by atoms with Crippen LogP contribution in [-0.2, 0) is 22.6 Å². The average Bonchev–Trinajstić information content (AvgIpc) is 2.57. The topological polar surface area (TPSA) is 58.2 Å². The van der Waals surface area contributed by atoms with Gasteiger partial charge in [-0.1, -0.05) is 43.3 Å². The number of hydrogen-bond donors (Lipinski definition) is 2. The molecule has 120 valence electrons. The Kier molecular flexibility index (Phi) is 5.52. The maximum absolute atomic E-state index is 12.0. The summed E-state index contributed by atoms with van der Waals surface area (Å²) in [5.74, 6) is -1.28. The van der Waals surface area contributed by atoms with Crippen molar-refractivity contribution in [3.8, 4) is 0 Å². The summed E-state index contributed by atoms with van der Waals surface area (Å²) in [5, 5.41) is 5.29. The summed E-state index contributed by atoms with van der Waals surface area (Å²) in [4.78, 5) is 23.9. The number of aryl methyl sites for hydroxylation is 2. The van der Waals surface area contributed by atoms with E-state index in [1.54, 1.807) is 6.07 Å². The van der Waals surface area contributed by atoms with Crippen molar-refractivity contribution >= 4 is 17.5 Å². The molecule has 2 rings (SSSR count). The first-order chi connectivity index (χ1) is 11.0. The van der Waals surface area contributed by atoms with E-state index >= 15 is 0 Å². The molecule has 0 radical (unpaired) electrons. The normalized spacial score (nSPS) is 10.2. The van der Waals surface area contributed by atoms with Crippen LogP contribution < -0.4 is 10.6 Å². The molecule has 0 saturated carbocycles. The van der Waals surface area contributed by atoms with E-state index < -0.39 is 11.8 Å². The van der Waals surface area contributed by atoms with Gasteiger partial charge in [-0.05, 0) is 48.6 Å². The third-order valence-corrected chi connectivity index (χ3v) is 3.94. The van der Waals surface area contributed by atoms with Crippen LogP contribution in [0.3, 0.4) is 0 Å². The number of anilines is 1. The summed E-state index contributed by atoms with van der Waals surface area (Å²) in [7, 11) is 0. The molecule has 0 bridgehead atoms. The number of carbonyl (C=O) groups excluding carboxylic acids is 2. The van der Waals surface area contributed by atoms with Crippen molar-refractivity contribution in [3.05, 3.63) is 64.7 Å². The Morgan fingerprint density at radius 2 is 1.57 bits per heavy atom. The predicted molar refractivity (Wildman–Crippen MR) is 92.2 cm³/mol. The zero-order valence-electron chi connectivity index (χ0n) is 13.8. The summed E-state index contributed by atoms with van der Waals surface area (Å²) in [5.41, 5.74) is 4.91. The predicted octanol–water partition coefficient (Wildman–Crippen LogP) is 3.12. The Hall–Kier alpha value is -2.62. The quantitative estimate of drug-likeness (QED) is 0.853. The third kappa shape index (κ3) is 4.42. The number of carbonyl (C=O) groups is 2. The molecule has 2 amide bonds. The van der Waals surface area contributed by atoms with Gasteiger partial charge in [-0.2, -0.15) is 0 Å². The summed E-state index contributed by atoms with van der Waals surface area (Å²) in [6.07, 6.45) is 0.977. The molecule has 0 fully saturated rings. The van der Waals surface area contributed by atoms with Crippen molar-refractivity contribution in [1.29, 1.82) is 0 Å². The fourth-order valence-corrected chi connectivity index (χ4v) is 2.22. The van der Waals surface area contributed by atoms with Gasteiger partial charge in [0.25, 0.3) is 0 Å². The number of nitrogens with one attached hydrogen (secondary N) is 2. The van der Waals surface area contributed by atoms with E-state index in [9.17, 15) is 9.59 Å². The van der Waals surface area contributed by atoms with E-state index in [1.165, 1.54) is 5.56 Å². The minimum absolute atomic E-state index is 0.336. The number of hydrogen-bond acceptors (Lipinski definition) is 2. The van der Waals surface area contributed by atoms with Crippen molar-refractivity contribution in [2.75, 3.05) is 5.32 Å². The Bertz CT molecular complexity index is 706. The highest BCUT2D eigenvalue weighted by Crippen LogP contribution is 2.17. The third-order valence-electron chi connectivity index (χ3n) is 3.94. The van der Waals surface area contributed by atoms with Crippen LogP contribution in [0.4, 0.5) is 5.69 Å². The highest BCUT2D eigenvalue weighted by Gasteiger charge is 2.14. The molecule has 2 aromatic rings. The summed E-state index contributed by atoms with van der Waals surface area (Å²) in [6, 6.07) is 13.6. The van der Waals surface area contributed by atoms with E-state index in [2.05, 4.69) is 17.6 Å². The molecule has 0 aliphatic carbocycles. The fourth-order valence-electron chi connectivity index (χ4n) is 2.22. The second-order valence-electron chi connectivity index (χ2n) is 5.55. The molecule has 2 aromatic carbocycles. The van der Waals surface area contributed by atoms with Gasteiger partial charge in [0.1, 0.15) is 0 Å². The number of amides is 2. The van der Waals surface area contributed by atoms with Crippen LogP contribution in [0.25, 0.3) is 0 Å². The molecular formula is C19H22N2O2. The van der Waals surface area contributed by atoms with E-state index in [4.69, 9.17) is 0 Å². The summed E-state index contributed by atoms with van der Waals surface area (Å²) in [6.45, 7) is 6.31. The van der Waals surface area contributed by atoms with Crippen LogP contribution in [0.2, 0.25) is 0 Å². The molecule has 2 N–H and O–H groups in total. The van der Waals surface area contributed by atoms with E-state index in [1.807, 2.05) is 50.2 Å². The number of rotatable bonds is 4. The summed E-state index contributed by atoms with van der Waals surface area (Å²) >= 11 is 0. The lowest BCUT2D eigenvalue weighted by Crippen LogP contribution is -2.35. The van der Waals surface area contributed by atoms with Crippen molar-refractivity contribution in [3.63, 3.8) is 0 Å². The van der Waals surface area contributed by atoms with E-state index in [0.29, 0.717) is 12.2 Å². The SMILES string of the molecule is CCc1ccc(CNC(=O)C(=O)Nc2cccc(C)c2C)cc1. The van der Waals surface area contributed by atoms with Crippen LogP contribution in [0.15, 0.2) is 42.5 Å². The van der Waals surface area contributed by atoms with Gasteiger partial charge in [-0.3, -0.25) is 9.59 Å². The second-order valence-corrected chi connectivity index (χ2v) is 5.55. The average molecular weight is 310 g/mol. The first-order valence-electron chi connectivity index (χ1n) is 7.74. The molecule has 4 nitrogen and oxygen atoms in total. The molecule has 0 spiro atoms. The molecule has 0 unspecified atom stereocenters. The summed E-state index contributed by atoms with van der Waals surface area (Å²) < 4.78 is 0. The molecular weight excluding hydrogens is 288 g/mol. The highest BCUT2D eigenvalue weighted by molar-refractivity contribution is 6.39. The first-order valence-corrected chi connectivity index (χ1v) is 7.74. The molecule has 0 saturated heterocycles. The van der Waals surface area contributed by atoms with Gasteiger partial charge >= 0.3 is 11.8 Å². The molecule has 0 atom stereocenters. The first kappa shape index (κ1) is 16.7. The molecule has 4 heteroatoms. The van der Waals surface area contributed by atoms with Gasteiger partial charge in [0, 0.05) is 12.2 Å². The van der Waals surface area contributed by atoms with Crippen molar-refractivity contribution in [1.82, 2.24) is 5.32 Å². The van der Waals surface area contributed by atoms with Crippen LogP contribution in [0.1, 0.15) is 29.2 Å². The molecule has 0 heterocycles. The number of benzene rings is 2. The standard InChI is InChI=1S/C19H22N2O2/c1-4-15-8-10-16(11-9-15)12-20-18(22)19(23)21-17-7-5-6-13(2)14(17)3/h5-11H,4,12H2,1-3H3,(H,20,22)(H,21,23). The van der Waals surface area contributed by atoms with Gasteiger partial charge < -0.3 is 10.6 Å². The Balaban J connectivity index is 1.92. The largest absolute Gasteiger partial charge is 0.344 e. The lowest BCUT2D eigenvalue weighted by Gasteiger charge is -2.10. The molecule has 0 aliphatic heterocycles. The van der Waals surface area contributed by atoms with Crippen LogP contribution >= 0.6 is 0 Å². The van der Waals surface area contributed by atoms with E-state index in [-0.39, 0.29) is 0 Å². The Morgan fingerprint density at radius 3 is 2.22 bits per heavy atom. The zero-order chi connectivity index (χ0) is 16.8. The minimum atomic E-state index is -0.649. The molecule has 0 aliphatic rings. The highest BCUT2D eigenvalue weighted by atomic mass is 16.2. The maximum Gasteiger partial charge on any atom is 0.313 e. The van der Waals surface area contributed by atoms with Crippen molar-refractivity contribution in [2.24, 2.45) is 0 Å². The van der Waals surface area contributed by atoms with Gasteiger partial charge in [0.2, 0.25) is 0 Å². The lowest BCUT2D eigenvalue weighted by atomic mass is 10.1. The minimum Gasteiger partial charge on any atom is -0.344 e. The van der Waals surface area contributed by atoms with Crippen molar-refractivity contribution in [2.45, 2.75) is 33.7 Å². The van der Waals surface area contributed by atoms with E-state index in [0.717, 1.165) is 23.1 Å². The van der Waals surface area contributed by atoms with Gasteiger partial charge in [-0.25, -0.2) is 0 Å². The van der Waals surface area contributed by atoms with Gasteiger partial charge in [0.15, 0.2) is 0 Å². The second kappa shape index (κ2) is 7.58. The van der Waals surface area contributed by atoms with Gasteiger partial charge in [0.05, 0.1) is 0 Å². The lowest BCUT2D eigenvalue weighted by molar-refractivity contribution is -0.136. The van der Waals surface area contributed by atoms with Crippen molar-refractivity contribution < 1.29 is 9.59 Å². The van der Waals surface area contributed by atoms with Crippen LogP contribution in [0, 0.1) is 13.8 Å². The Labute approximate surface area is 136 Å². The Morgan fingerprint density at radius 1 is 0.913 bits per heavy atom. The molecule has 23 heavy (non-hydrogen) atoms. The monoisotopic (exact) mass is 310 g/mol. The van der Waals surface area contributed by atoms with Gasteiger partial charge in [-0.15, -0.1) is 0 Å². The van der Waals surface area contributed by atoms with Crippen LogP contribution in [-0.4, -0.2) is 11.8 Å². The van der Waals surface area contributed by atoms with Crippen LogP contribution in [0.5, 0.6) is 0 Å². The molecule has 0 aromatic heterocycles. The smallest absolute Gasteiger partial charge is 0.313 e.